The molecular weight excluding hydrogens is 322 g/mol. The third kappa shape index (κ3) is 3.11. The quantitative estimate of drug-likeness (QED) is 0.927. The van der Waals surface area contributed by atoms with Gasteiger partial charge in [-0.1, -0.05) is 6.07 Å². The molecule has 1 unspecified atom stereocenters. The van der Waals surface area contributed by atoms with E-state index in [-0.39, 0.29) is 17.1 Å². The summed E-state index contributed by atoms with van der Waals surface area (Å²) in [6, 6.07) is 5.81. The van der Waals surface area contributed by atoms with Gasteiger partial charge < -0.3 is 14.8 Å². The zero-order valence-electron chi connectivity index (χ0n) is 14.3. The molecule has 0 spiro atoms. The molecule has 2 aromatic rings. The van der Waals surface area contributed by atoms with Crippen LogP contribution in [0.15, 0.2) is 34.6 Å². The van der Waals surface area contributed by atoms with Crippen molar-refractivity contribution in [1.82, 2.24) is 9.47 Å². The zero-order chi connectivity index (χ0) is 17.3. The molecule has 1 atom stereocenters. The molecule has 0 bridgehead atoms. The fourth-order valence-corrected chi connectivity index (χ4v) is 4.27. The van der Waals surface area contributed by atoms with Crippen molar-refractivity contribution in [2.24, 2.45) is 7.05 Å². The second-order valence-electron chi connectivity index (χ2n) is 6.73. The Hall–Kier alpha value is -2.08. The molecule has 1 saturated heterocycles. The number of likely N-dealkylation sites (tertiary alicyclic amines) is 1. The molecule has 6 heteroatoms. The third-order valence-corrected chi connectivity index (χ3v) is 5.71. The Morgan fingerprint density at radius 1 is 1.42 bits per heavy atom. The number of rotatable bonds is 3. The lowest BCUT2D eigenvalue weighted by atomic mass is 9.94. The van der Waals surface area contributed by atoms with Gasteiger partial charge in [0.2, 0.25) is 0 Å². The maximum atomic E-state index is 12.8. The number of pyridine rings is 1. The van der Waals surface area contributed by atoms with Crippen molar-refractivity contribution < 1.29 is 4.79 Å². The van der Waals surface area contributed by atoms with Gasteiger partial charge in [0.05, 0.1) is 0 Å². The smallest absolute Gasteiger partial charge is 0.319 e. The lowest BCUT2D eigenvalue weighted by Gasteiger charge is -2.35. The van der Waals surface area contributed by atoms with E-state index in [1.54, 1.807) is 24.6 Å². The number of hydrogen-bond acceptors (Lipinski definition) is 3. The maximum absolute atomic E-state index is 12.8. The van der Waals surface area contributed by atoms with Gasteiger partial charge >= 0.3 is 6.03 Å². The standard InChI is InChI=1S/C18H23N3O2S/c1-13-7-10-20(3)16(22)15(13)19-17(23)21-9-5-8-18(21,2)12-14-6-4-11-24-14/h4,6-7,10-11H,5,8-9,12H2,1-3H3,(H,19,23). The van der Waals surface area contributed by atoms with Crippen molar-refractivity contribution >= 4 is 23.1 Å². The number of carbonyl (C=O) groups is 1. The number of nitrogens with one attached hydrogen (secondary N) is 1. The van der Waals surface area contributed by atoms with Crippen LogP contribution in [0.1, 0.15) is 30.2 Å². The summed E-state index contributed by atoms with van der Waals surface area (Å²) in [4.78, 5) is 28.3. The van der Waals surface area contributed by atoms with Gasteiger partial charge in [0, 0.05) is 36.6 Å². The van der Waals surface area contributed by atoms with E-state index in [9.17, 15) is 9.59 Å². The van der Waals surface area contributed by atoms with Crippen molar-refractivity contribution in [2.45, 2.75) is 38.6 Å². The van der Waals surface area contributed by atoms with Crippen LogP contribution in [0.4, 0.5) is 10.5 Å². The molecule has 0 saturated carbocycles. The first-order valence-corrected chi connectivity index (χ1v) is 9.06. The Labute approximate surface area is 145 Å². The minimum Gasteiger partial charge on any atom is -0.319 e. The van der Waals surface area contributed by atoms with Gasteiger partial charge in [0.1, 0.15) is 5.69 Å². The van der Waals surface area contributed by atoms with Gasteiger partial charge in [-0.3, -0.25) is 4.79 Å². The van der Waals surface area contributed by atoms with E-state index in [1.165, 1.54) is 9.44 Å². The van der Waals surface area contributed by atoms with Gasteiger partial charge in [-0.15, -0.1) is 11.3 Å². The lowest BCUT2D eigenvalue weighted by molar-refractivity contribution is 0.168. The SMILES string of the molecule is Cc1ccn(C)c(=O)c1NC(=O)N1CCCC1(C)Cc1cccs1. The number of nitrogens with zero attached hydrogens (tertiary/aromatic N) is 2. The highest BCUT2D eigenvalue weighted by molar-refractivity contribution is 7.09. The fourth-order valence-electron chi connectivity index (χ4n) is 3.39. The largest absolute Gasteiger partial charge is 0.322 e. The summed E-state index contributed by atoms with van der Waals surface area (Å²) in [5.74, 6) is 0. The first-order valence-electron chi connectivity index (χ1n) is 8.18. The highest BCUT2D eigenvalue weighted by Gasteiger charge is 2.40. The minimum absolute atomic E-state index is 0.178. The van der Waals surface area contributed by atoms with Gasteiger partial charge in [-0.05, 0) is 49.8 Å². The Balaban J connectivity index is 1.82. The van der Waals surface area contributed by atoms with Crippen molar-refractivity contribution in [3.05, 3.63) is 50.6 Å². The molecule has 0 aliphatic carbocycles. The zero-order valence-corrected chi connectivity index (χ0v) is 15.2. The van der Waals surface area contributed by atoms with Gasteiger partial charge in [-0.25, -0.2) is 4.79 Å². The summed E-state index contributed by atoms with van der Waals surface area (Å²) in [6.45, 7) is 4.70. The second kappa shape index (κ2) is 6.43. The number of amides is 2. The number of aromatic nitrogens is 1. The highest BCUT2D eigenvalue weighted by atomic mass is 32.1. The third-order valence-electron chi connectivity index (χ3n) is 4.84. The van der Waals surface area contributed by atoms with Crippen molar-refractivity contribution in [3.63, 3.8) is 0 Å². The Morgan fingerprint density at radius 3 is 2.92 bits per heavy atom. The summed E-state index contributed by atoms with van der Waals surface area (Å²) in [6.07, 6.45) is 4.53. The highest BCUT2D eigenvalue weighted by Crippen LogP contribution is 2.34. The average molecular weight is 345 g/mol. The van der Waals surface area contributed by atoms with Crippen LogP contribution in [-0.2, 0) is 13.5 Å². The molecule has 2 amide bonds. The molecule has 24 heavy (non-hydrogen) atoms. The monoisotopic (exact) mass is 345 g/mol. The summed E-state index contributed by atoms with van der Waals surface area (Å²) < 4.78 is 1.48. The van der Waals surface area contributed by atoms with Gasteiger partial charge in [0.25, 0.3) is 5.56 Å². The van der Waals surface area contributed by atoms with Crippen LogP contribution < -0.4 is 10.9 Å². The first kappa shape index (κ1) is 16.8. The molecular formula is C18H23N3O2S. The molecule has 0 aromatic carbocycles. The first-order chi connectivity index (χ1) is 11.4. The van der Waals surface area contributed by atoms with Crippen LogP contribution in [0.5, 0.6) is 0 Å². The molecule has 3 heterocycles. The van der Waals surface area contributed by atoms with E-state index in [0.29, 0.717) is 5.69 Å². The Kier molecular flexibility index (Phi) is 4.49. The van der Waals surface area contributed by atoms with Crippen LogP contribution in [0, 0.1) is 6.92 Å². The van der Waals surface area contributed by atoms with Crippen LogP contribution in [0.3, 0.4) is 0 Å². The van der Waals surface area contributed by atoms with E-state index in [4.69, 9.17) is 0 Å². The lowest BCUT2D eigenvalue weighted by Crippen LogP contribution is -2.49. The molecule has 1 N–H and O–H groups in total. The molecule has 3 rings (SSSR count). The van der Waals surface area contributed by atoms with Crippen LogP contribution in [0.25, 0.3) is 0 Å². The van der Waals surface area contributed by atoms with Crippen LogP contribution in [0.2, 0.25) is 0 Å². The number of thiophene rings is 1. The molecule has 128 valence electrons. The van der Waals surface area contributed by atoms with Crippen molar-refractivity contribution in [2.75, 3.05) is 11.9 Å². The van der Waals surface area contributed by atoms with Crippen LogP contribution in [-0.4, -0.2) is 27.6 Å². The molecule has 0 radical (unpaired) electrons. The second-order valence-corrected chi connectivity index (χ2v) is 7.76. The van der Waals surface area contributed by atoms with E-state index < -0.39 is 0 Å². The Morgan fingerprint density at radius 2 is 2.21 bits per heavy atom. The maximum Gasteiger partial charge on any atom is 0.322 e. The fraction of sp³-hybridized carbons (Fsp3) is 0.444. The predicted octanol–water partition coefficient (Wildman–Crippen LogP) is 3.38. The van der Waals surface area contributed by atoms with Crippen molar-refractivity contribution in [3.8, 4) is 0 Å². The summed E-state index contributed by atoms with van der Waals surface area (Å²) >= 11 is 1.72. The average Bonchev–Trinajstić information content (AvgIpc) is 3.17. The van der Waals surface area contributed by atoms with E-state index in [1.807, 2.05) is 24.0 Å². The van der Waals surface area contributed by atoms with E-state index in [0.717, 1.165) is 31.4 Å². The van der Waals surface area contributed by atoms with Crippen molar-refractivity contribution in [1.29, 1.82) is 0 Å². The van der Waals surface area contributed by atoms with Gasteiger partial charge in [-0.2, -0.15) is 0 Å². The van der Waals surface area contributed by atoms with Crippen LogP contribution >= 0.6 is 11.3 Å². The van der Waals surface area contributed by atoms with E-state index >= 15 is 0 Å². The van der Waals surface area contributed by atoms with E-state index in [2.05, 4.69) is 23.7 Å². The Bertz CT molecular complexity index is 797. The number of aryl methyl sites for hydroxylation is 2. The number of anilines is 1. The normalized spacial score (nSPS) is 20.4. The summed E-state index contributed by atoms with van der Waals surface area (Å²) in [5.41, 5.74) is 0.770. The molecule has 1 aliphatic rings. The summed E-state index contributed by atoms with van der Waals surface area (Å²) in [5, 5.41) is 4.92. The molecule has 5 nitrogen and oxygen atoms in total. The topological polar surface area (TPSA) is 54.3 Å². The molecule has 1 aliphatic heterocycles. The molecule has 1 fully saturated rings. The predicted molar refractivity (Wildman–Crippen MR) is 97.8 cm³/mol. The summed E-state index contributed by atoms with van der Waals surface area (Å²) in [7, 11) is 1.69. The van der Waals surface area contributed by atoms with Gasteiger partial charge in [0.15, 0.2) is 0 Å². The minimum atomic E-state index is -0.205. The number of urea groups is 1. The number of carbonyl (C=O) groups excluding carboxylic acids is 1. The number of hydrogen-bond donors (Lipinski definition) is 1. The molecule has 2 aromatic heterocycles.